The Bertz CT molecular complexity index is 2510. The van der Waals surface area contributed by atoms with E-state index in [1.54, 1.807) is 0 Å². The molecular formula is C51H42. The quantitative estimate of drug-likeness (QED) is 0.113. The summed E-state index contributed by atoms with van der Waals surface area (Å²) in [7, 11) is 0. The number of allylic oxidation sites excluding steroid dienone is 10. The highest BCUT2D eigenvalue weighted by molar-refractivity contribution is 6.25. The molecule has 0 saturated heterocycles. The predicted octanol–water partition coefficient (Wildman–Crippen LogP) is 14.6. The van der Waals surface area contributed by atoms with E-state index in [1.807, 2.05) is 0 Å². The molecule has 51 heavy (non-hydrogen) atoms. The van der Waals surface area contributed by atoms with Crippen LogP contribution in [-0.2, 0) is 0 Å². The minimum absolute atomic E-state index is 0.969. The number of rotatable bonds is 8. The summed E-state index contributed by atoms with van der Waals surface area (Å²) in [5, 5.41) is 7.78. The monoisotopic (exact) mass is 654 g/mol. The van der Waals surface area contributed by atoms with Crippen LogP contribution in [0, 0.1) is 0 Å². The van der Waals surface area contributed by atoms with Crippen molar-refractivity contribution in [3.05, 3.63) is 204 Å². The highest BCUT2D eigenvalue weighted by Gasteiger charge is 2.14. The second-order valence-electron chi connectivity index (χ2n) is 13.5. The van der Waals surface area contributed by atoms with Crippen molar-refractivity contribution >= 4 is 43.5 Å². The molecule has 1 aliphatic rings. The first-order valence-electron chi connectivity index (χ1n) is 18.2. The van der Waals surface area contributed by atoms with Crippen molar-refractivity contribution < 1.29 is 0 Å². The first-order valence-corrected chi connectivity index (χ1v) is 18.2. The zero-order valence-electron chi connectivity index (χ0n) is 29.4. The summed E-state index contributed by atoms with van der Waals surface area (Å²) in [6.45, 7) is 4.47. The summed E-state index contributed by atoms with van der Waals surface area (Å²) in [4.78, 5) is 0. The van der Waals surface area contributed by atoms with Gasteiger partial charge in [0.25, 0.3) is 0 Å². The van der Waals surface area contributed by atoms with E-state index in [4.69, 9.17) is 0 Å². The van der Waals surface area contributed by atoms with Gasteiger partial charge < -0.3 is 0 Å². The third kappa shape index (κ3) is 6.54. The third-order valence-corrected chi connectivity index (χ3v) is 10.2. The molecule has 0 aliphatic heterocycles. The summed E-state index contributed by atoms with van der Waals surface area (Å²) >= 11 is 0. The van der Waals surface area contributed by atoms with Crippen LogP contribution in [0.1, 0.15) is 44.2 Å². The van der Waals surface area contributed by atoms with Crippen LogP contribution >= 0.6 is 0 Å². The average molecular weight is 655 g/mol. The lowest BCUT2D eigenvalue weighted by Crippen LogP contribution is -1.93. The Morgan fingerprint density at radius 2 is 1.12 bits per heavy atom. The van der Waals surface area contributed by atoms with Crippen LogP contribution in [0.3, 0.4) is 0 Å². The molecule has 0 aromatic heterocycles. The Hall–Kier alpha value is -5.98. The Morgan fingerprint density at radius 3 is 1.76 bits per heavy atom. The summed E-state index contributed by atoms with van der Waals surface area (Å²) in [5.74, 6) is 0. The summed E-state index contributed by atoms with van der Waals surface area (Å²) in [6, 6.07) is 53.4. The number of hydrogen-bond acceptors (Lipinski definition) is 0. The average Bonchev–Trinajstić information content (AvgIpc) is 3.21. The summed E-state index contributed by atoms with van der Waals surface area (Å²) in [5.41, 5.74) is 12.5. The zero-order valence-corrected chi connectivity index (χ0v) is 29.4. The second-order valence-corrected chi connectivity index (χ2v) is 13.5. The van der Waals surface area contributed by atoms with Crippen molar-refractivity contribution in [1.29, 1.82) is 0 Å². The maximum Gasteiger partial charge on any atom is -0.00928 e. The van der Waals surface area contributed by atoms with Crippen molar-refractivity contribution in [3.8, 4) is 22.3 Å². The Balaban J connectivity index is 1.27. The lowest BCUT2D eigenvalue weighted by molar-refractivity contribution is 0.969. The first kappa shape index (κ1) is 32.2. The van der Waals surface area contributed by atoms with Gasteiger partial charge in [0.1, 0.15) is 0 Å². The highest BCUT2D eigenvalue weighted by atomic mass is 14.2. The van der Waals surface area contributed by atoms with Gasteiger partial charge in [0.2, 0.25) is 0 Å². The van der Waals surface area contributed by atoms with Crippen molar-refractivity contribution in [1.82, 2.24) is 0 Å². The Morgan fingerprint density at radius 1 is 0.529 bits per heavy atom. The molecule has 246 valence electrons. The molecule has 0 atom stereocenters. The van der Waals surface area contributed by atoms with Gasteiger partial charge in [-0.1, -0.05) is 171 Å². The summed E-state index contributed by atoms with van der Waals surface area (Å²) in [6.07, 6.45) is 17.0. The normalized spacial score (nSPS) is 14.0. The van der Waals surface area contributed by atoms with E-state index in [0.29, 0.717) is 0 Å². The lowest BCUT2D eigenvalue weighted by Gasteiger charge is -2.16. The number of fused-ring (bicyclic) bond motifs is 6. The molecule has 0 heteroatoms. The van der Waals surface area contributed by atoms with Crippen LogP contribution in [0.25, 0.3) is 65.7 Å². The fourth-order valence-electron chi connectivity index (χ4n) is 7.67. The van der Waals surface area contributed by atoms with Gasteiger partial charge in [0.15, 0.2) is 0 Å². The van der Waals surface area contributed by atoms with Gasteiger partial charge in [-0.25, -0.2) is 0 Å². The van der Waals surface area contributed by atoms with Crippen LogP contribution in [0.4, 0.5) is 0 Å². The molecule has 0 heterocycles. The molecule has 0 radical (unpaired) electrons. The molecule has 0 bridgehead atoms. The third-order valence-electron chi connectivity index (χ3n) is 10.2. The Kier molecular flexibility index (Phi) is 9.15. The van der Waals surface area contributed by atoms with Gasteiger partial charge in [-0.3, -0.25) is 0 Å². The first-order chi connectivity index (χ1) is 25.2. The molecule has 0 amide bonds. The van der Waals surface area contributed by atoms with E-state index < -0.39 is 0 Å². The molecular weight excluding hydrogens is 613 g/mol. The number of hydrogen-bond donors (Lipinski definition) is 0. The predicted molar refractivity (Wildman–Crippen MR) is 223 cm³/mol. The molecule has 0 N–H and O–H groups in total. The minimum Gasteiger partial charge on any atom is -0.0842 e. The second kappa shape index (κ2) is 14.5. The molecule has 0 fully saturated rings. The zero-order chi connectivity index (χ0) is 34.6. The van der Waals surface area contributed by atoms with Crippen LogP contribution in [0.5, 0.6) is 0 Å². The van der Waals surface area contributed by atoms with Crippen LogP contribution in [0.2, 0.25) is 0 Å². The summed E-state index contributed by atoms with van der Waals surface area (Å²) < 4.78 is 0. The molecule has 7 aromatic rings. The van der Waals surface area contributed by atoms with Gasteiger partial charge >= 0.3 is 0 Å². The van der Waals surface area contributed by atoms with Crippen LogP contribution in [-0.4, -0.2) is 0 Å². The molecule has 0 saturated carbocycles. The molecule has 0 spiro atoms. The van der Waals surface area contributed by atoms with Gasteiger partial charge in [-0.05, 0) is 132 Å². The highest BCUT2D eigenvalue weighted by Crippen LogP contribution is 2.40. The van der Waals surface area contributed by atoms with Crippen molar-refractivity contribution in [3.63, 3.8) is 0 Å². The standard InChI is InChI=1S/C51H42/c1-3-17-39(38-20-8-5-9-21-38)34-43(32-36(2)37-18-6-4-7-19-37)40-22-16-23-41(33-40)44-24-10-11-25-45(44)42-30-31-50-48-28-13-12-26-46(48)47-27-14-15-29-49(47)51(50)35-42/h4-6,8-18,20-35H,3,7,19H2,1-2H3/b36-32+,39-17-,43-34+. The lowest BCUT2D eigenvalue weighted by atomic mass is 9.88. The van der Waals surface area contributed by atoms with E-state index in [-0.39, 0.29) is 0 Å². The van der Waals surface area contributed by atoms with Crippen molar-refractivity contribution in [2.75, 3.05) is 0 Å². The smallest absolute Gasteiger partial charge is 0.00928 e. The molecule has 7 aromatic carbocycles. The SMILES string of the molecule is CC/C=C(/C=C(\C=C(/C)C1=CC=CCC1)c1cccc(-c2ccccc2-c2ccc3c4ccccc4c4ccccc4c3c2)c1)c1ccccc1. The van der Waals surface area contributed by atoms with Crippen molar-refractivity contribution in [2.24, 2.45) is 0 Å². The van der Waals surface area contributed by atoms with Gasteiger partial charge in [0.05, 0.1) is 0 Å². The van der Waals surface area contributed by atoms with Gasteiger partial charge in [-0.2, -0.15) is 0 Å². The Labute approximate surface area is 302 Å². The largest absolute Gasteiger partial charge is 0.0842 e. The topological polar surface area (TPSA) is 0 Å². The van der Waals surface area contributed by atoms with Gasteiger partial charge in [0, 0.05) is 0 Å². The maximum atomic E-state index is 2.40. The van der Waals surface area contributed by atoms with Crippen LogP contribution in [0.15, 0.2) is 193 Å². The van der Waals surface area contributed by atoms with Gasteiger partial charge in [-0.15, -0.1) is 0 Å². The number of benzene rings is 7. The fourth-order valence-corrected chi connectivity index (χ4v) is 7.67. The van der Waals surface area contributed by atoms with Crippen LogP contribution < -0.4 is 0 Å². The van der Waals surface area contributed by atoms with E-state index in [0.717, 1.165) is 19.3 Å². The van der Waals surface area contributed by atoms with E-state index in [1.165, 1.54) is 88.0 Å². The van der Waals surface area contributed by atoms with E-state index >= 15 is 0 Å². The minimum atomic E-state index is 0.969. The van der Waals surface area contributed by atoms with E-state index in [9.17, 15) is 0 Å². The molecule has 8 rings (SSSR count). The molecule has 1 aliphatic carbocycles. The maximum absolute atomic E-state index is 2.40. The van der Waals surface area contributed by atoms with Crippen molar-refractivity contribution in [2.45, 2.75) is 33.1 Å². The molecule has 0 nitrogen and oxygen atoms in total. The van der Waals surface area contributed by atoms with E-state index in [2.05, 4.69) is 196 Å². The fraction of sp³-hybridized carbons (Fsp3) is 0.0980. The molecule has 0 unspecified atom stereocenters.